The van der Waals surface area contributed by atoms with Crippen LogP contribution in [0.15, 0.2) is 41.0 Å². The molecule has 0 unspecified atom stereocenters. The SMILES string of the molecule is CCOC(=O)c1cn2c(cc(Br)c3ccccc32)n1. The van der Waals surface area contributed by atoms with E-state index in [-0.39, 0.29) is 0 Å². The van der Waals surface area contributed by atoms with E-state index in [1.807, 2.05) is 34.7 Å². The van der Waals surface area contributed by atoms with Gasteiger partial charge >= 0.3 is 5.97 Å². The van der Waals surface area contributed by atoms with Crippen LogP contribution in [0, 0.1) is 0 Å². The summed E-state index contributed by atoms with van der Waals surface area (Å²) in [6, 6.07) is 9.83. The molecule has 0 aliphatic carbocycles. The van der Waals surface area contributed by atoms with Gasteiger partial charge in [-0.25, -0.2) is 9.78 Å². The second-order valence-corrected chi connectivity index (χ2v) is 4.94. The van der Waals surface area contributed by atoms with Crippen molar-refractivity contribution in [3.63, 3.8) is 0 Å². The fourth-order valence-electron chi connectivity index (χ4n) is 2.07. The molecule has 0 saturated carbocycles. The first-order valence-corrected chi connectivity index (χ1v) is 6.73. The molecule has 5 heteroatoms. The largest absolute Gasteiger partial charge is 0.461 e. The lowest BCUT2D eigenvalue weighted by molar-refractivity contribution is 0.0520. The molecule has 0 N–H and O–H groups in total. The molecule has 0 bridgehead atoms. The Morgan fingerprint density at radius 2 is 2.21 bits per heavy atom. The third-order valence-corrected chi connectivity index (χ3v) is 3.55. The molecule has 1 aromatic carbocycles. The minimum Gasteiger partial charge on any atom is -0.461 e. The highest BCUT2D eigenvalue weighted by atomic mass is 79.9. The molecule has 3 aromatic rings. The van der Waals surface area contributed by atoms with Crippen molar-refractivity contribution in [1.82, 2.24) is 9.38 Å². The van der Waals surface area contributed by atoms with Gasteiger partial charge in [0.25, 0.3) is 0 Å². The highest BCUT2D eigenvalue weighted by molar-refractivity contribution is 9.10. The van der Waals surface area contributed by atoms with Gasteiger partial charge in [-0.2, -0.15) is 0 Å². The molecule has 0 radical (unpaired) electrons. The van der Waals surface area contributed by atoms with Gasteiger partial charge in [0.15, 0.2) is 5.69 Å². The number of imidazole rings is 1. The molecule has 2 aromatic heterocycles. The number of nitrogens with zero attached hydrogens (tertiary/aromatic N) is 2. The number of hydrogen-bond acceptors (Lipinski definition) is 3. The average molecular weight is 319 g/mol. The molecule has 0 fully saturated rings. The van der Waals surface area contributed by atoms with Gasteiger partial charge in [-0.05, 0) is 35.0 Å². The van der Waals surface area contributed by atoms with Crippen molar-refractivity contribution in [2.45, 2.75) is 6.92 Å². The van der Waals surface area contributed by atoms with Gasteiger partial charge in [-0.1, -0.05) is 18.2 Å². The third-order valence-electron chi connectivity index (χ3n) is 2.89. The molecule has 96 valence electrons. The minimum absolute atomic E-state index is 0.324. The second kappa shape index (κ2) is 4.66. The maximum absolute atomic E-state index is 11.7. The first kappa shape index (κ1) is 12.2. The molecule has 0 atom stereocenters. The van der Waals surface area contributed by atoms with Gasteiger partial charge in [0.2, 0.25) is 0 Å². The van der Waals surface area contributed by atoms with Gasteiger partial charge in [0.1, 0.15) is 5.65 Å². The van der Waals surface area contributed by atoms with E-state index in [0.29, 0.717) is 17.9 Å². The number of carbonyl (C=O) groups excluding carboxylic acids is 1. The lowest BCUT2D eigenvalue weighted by Crippen LogP contribution is -2.04. The topological polar surface area (TPSA) is 43.6 Å². The van der Waals surface area contributed by atoms with Gasteiger partial charge in [-0.3, -0.25) is 4.40 Å². The zero-order valence-electron chi connectivity index (χ0n) is 10.3. The Hall–Kier alpha value is -1.88. The minimum atomic E-state index is -0.397. The Balaban J connectivity index is 2.28. The summed E-state index contributed by atoms with van der Waals surface area (Å²) in [5.41, 5.74) is 2.04. The normalized spacial score (nSPS) is 11.1. The van der Waals surface area contributed by atoms with E-state index in [2.05, 4.69) is 20.9 Å². The lowest BCUT2D eigenvalue weighted by Gasteiger charge is -2.03. The van der Waals surface area contributed by atoms with Crippen molar-refractivity contribution in [1.29, 1.82) is 0 Å². The fourth-order valence-corrected chi connectivity index (χ4v) is 2.61. The van der Waals surface area contributed by atoms with E-state index < -0.39 is 5.97 Å². The molecule has 0 aliphatic rings. The first-order valence-electron chi connectivity index (χ1n) is 5.94. The van der Waals surface area contributed by atoms with Crippen LogP contribution in [0.1, 0.15) is 17.4 Å². The standard InChI is InChI=1S/C14H11BrN2O2/c1-2-19-14(18)11-8-17-12-6-4-3-5-9(12)10(15)7-13(17)16-11/h3-8H,2H2,1H3. The number of ether oxygens (including phenoxy) is 1. The summed E-state index contributed by atoms with van der Waals surface area (Å²) in [5.74, 6) is -0.397. The van der Waals surface area contributed by atoms with Gasteiger partial charge < -0.3 is 4.74 Å². The molecule has 0 amide bonds. The van der Waals surface area contributed by atoms with E-state index in [0.717, 1.165) is 15.4 Å². The molecule has 19 heavy (non-hydrogen) atoms. The average Bonchev–Trinajstić information content (AvgIpc) is 2.83. The van der Waals surface area contributed by atoms with Crippen LogP contribution < -0.4 is 0 Å². The maximum Gasteiger partial charge on any atom is 0.358 e. The van der Waals surface area contributed by atoms with Crippen LogP contribution in [0.4, 0.5) is 0 Å². The number of carbonyl (C=O) groups is 1. The molecule has 0 spiro atoms. The Labute approximate surface area is 118 Å². The van der Waals surface area contributed by atoms with Gasteiger partial charge in [0, 0.05) is 16.1 Å². The molecular weight excluding hydrogens is 308 g/mol. The van der Waals surface area contributed by atoms with E-state index in [4.69, 9.17) is 4.74 Å². The van der Waals surface area contributed by atoms with Crippen molar-refractivity contribution in [3.8, 4) is 0 Å². The summed E-state index contributed by atoms with van der Waals surface area (Å²) in [4.78, 5) is 16.0. The van der Waals surface area contributed by atoms with E-state index in [1.54, 1.807) is 13.1 Å². The number of rotatable bonds is 2. The molecular formula is C14H11BrN2O2. The molecule has 4 nitrogen and oxygen atoms in total. The summed E-state index contributed by atoms with van der Waals surface area (Å²) >= 11 is 3.53. The van der Waals surface area contributed by atoms with Crippen molar-refractivity contribution < 1.29 is 9.53 Å². The summed E-state index contributed by atoms with van der Waals surface area (Å²) in [7, 11) is 0. The van der Waals surface area contributed by atoms with E-state index in [1.165, 1.54) is 0 Å². The maximum atomic E-state index is 11.7. The summed E-state index contributed by atoms with van der Waals surface area (Å²) < 4.78 is 7.82. The van der Waals surface area contributed by atoms with E-state index in [9.17, 15) is 4.79 Å². The number of pyridine rings is 1. The first-order chi connectivity index (χ1) is 9.20. The number of aromatic nitrogens is 2. The highest BCUT2D eigenvalue weighted by Crippen LogP contribution is 2.26. The Morgan fingerprint density at radius 3 is 3.00 bits per heavy atom. The summed E-state index contributed by atoms with van der Waals surface area (Å²) in [5, 5.41) is 1.07. The number of halogens is 1. The van der Waals surface area contributed by atoms with Crippen LogP contribution in [-0.2, 0) is 4.74 Å². The monoisotopic (exact) mass is 318 g/mol. The lowest BCUT2D eigenvalue weighted by atomic mass is 10.2. The molecule has 0 saturated heterocycles. The summed E-state index contributed by atoms with van der Waals surface area (Å²) in [6.45, 7) is 2.12. The second-order valence-electron chi connectivity index (χ2n) is 4.08. The number of esters is 1. The van der Waals surface area contributed by atoms with Crippen molar-refractivity contribution in [2.24, 2.45) is 0 Å². The zero-order valence-corrected chi connectivity index (χ0v) is 11.8. The van der Waals surface area contributed by atoms with Crippen LogP contribution in [0.5, 0.6) is 0 Å². The van der Waals surface area contributed by atoms with Crippen molar-refractivity contribution >= 4 is 38.4 Å². The number of benzene rings is 1. The quantitative estimate of drug-likeness (QED) is 0.680. The van der Waals surface area contributed by atoms with Crippen molar-refractivity contribution in [3.05, 3.63) is 46.7 Å². The van der Waals surface area contributed by atoms with Crippen molar-refractivity contribution in [2.75, 3.05) is 6.61 Å². The Kier molecular flexibility index (Phi) is 2.98. The number of hydrogen-bond donors (Lipinski definition) is 0. The predicted octanol–water partition coefficient (Wildman–Crippen LogP) is 3.43. The zero-order chi connectivity index (χ0) is 13.4. The predicted molar refractivity (Wildman–Crippen MR) is 76.4 cm³/mol. The Bertz CT molecular complexity index is 780. The molecule has 2 heterocycles. The summed E-state index contributed by atoms with van der Waals surface area (Å²) in [6.07, 6.45) is 1.71. The smallest absolute Gasteiger partial charge is 0.358 e. The Morgan fingerprint density at radius 1 is 1.42 bits per heavy atom. The van der Waals surface area contributed by atoms with Crippen LogP contribution in [0.3, 0.4) is 0 Å². The van der Waals surface area contributed by atoms with Crippen LogP contribution in [0.25, 0.3) is 16.6 Å². The highest BCUT2D eigenvalue weighted by Gasteiger charge is 2.13. The van der Waals surface area contributed by atoms with E-state index >= 15 is 0 Å². The molecule has 0 aliphatic heterocycles. The fraction of sp³-hybridized carbons (Fsp3) is 0.143. The van der Waals surface area contributed by atoms with Crippen LogP contribution >= 0.6 is 15.9 Å². The molecule has 3 rings (SSSR count). The number of para-hydroxylation sites is 1. The van der Waals surface area contributed by atoms with Gasteiger partial charge in [0.05, 0.1) is 12.1 Å². The number of fused-ring (bicyclic) bond motifs is 3. The van der Waals surface area contributed by atoms with Gasteiger partial charge in [-0.15, -0.1) is 0 Å². The van der Waals surface area contributed by atoms with Crippen LogP contribution in [-0.4, -0.2) is 22.0 Å². The third kappa shape index (κ3) is 2.00. The van der Waals surface area contributed by atoms with Crippen LogP contribution in [0.2, 0.25) is 0 Å².